The van der Waals surface area contributed by atoms with Crippen molar-refractivity contribution in [1.29, 1.82) is 0 Å². The molecule has 0 bridgehead atoms. The van der Waals surface area contributed by atoms with Crippen molar-refractivity contribution in [3.63, 3.8) is 0 Å². The van der Waals surface area contributed by atoms with Crippen molar-refractivity contribution in [2.75, 3.05) is 13.1 Å². The van der Waals surface area contributed by atoms with Crippen LogP contribution in [-0.2, 0) is 0 Å². The van der Waals surface area contributed by atoms with Gasteiger partial charge < -0.3 is 10.6 Å². The number of hydrogen-bond acceptors (Lipinski definition) is 4. The maximum absolute atomic E-state index is 11.6. The van der Waals surface area contributed by atoms with Crippen LogP contribution in [-0.4, -0.2) is 39.9 Å². The first kappa shape index (κ1) is 9.14. The summed E-state index contributed by atoms with van der Waals surface area (Å²) < 4.78 is 0. The predicted octanol–water partition coefficient (Wildman–Crippen LogP) is -0.713. The van der Waals surface area contributed by atoms with E-state index in [1.165, 1.54) is 6.20 Å². The standard InChI is InChI=1S/C8H13N5O/c1-8(2-3-9-5-8)11-7(14)6-4-10-13-12-6/h4,9H,2-3,5H2,1H3,(H,11,14)(H,10,12,13). The average Bonchev–Trinajstić information content (AvgIpc) is 2.74. The Bertz CT molecular complexity index is 314. The lowest BCUT2D eigenvalue weighted by molar-refractivity contribution is 0.0908. The fourth-order valence-corrected chi connectivity index (χ4v) is 1.57. The van der Waals surface area contributed by atoms with E-state index in [1.54, 1.807) is 0 Å². The molecule has 2 rings (SSSR count). The summed E-state index contributed by atoms with van der Waals surface area (Å²) in [6, 6.07) is 0. The van der Waals surface area contributed by atoms with Crippen LogP contribution in [0, 0.1) is 0 Å². The molecule has 2 heterocycles. The molecule has 76 valence electrons. The summed E-state index contributed by atoms with van der Waals surface area (Å²) in [7, 11) is 0. The number of rotatable bonds is 2. The second kappa shape index (κ2) is 3.38. The first-order valence-electron chi connectivity index (χ1n) is 4.59. The van der Waals surface area contributed by atoms with Gasteiger partial charge in [-0.25, -0.2) is 0 Å². The third kappa shape index (κ3) is 1.74. The summed E-state index contributed by atoms with van der Waals surface area (Å²) in [5.74, 6) is -0.176. The minimum Gasteiger partial charge on any atom is -0.344 e. The lowest BCUT2D eigenvalue weighted by Crippen LogP contribution is -2.47. The Labute approximate surface area is 81.5 Å². The van der Waals surface area contributed by atoms with Crippen LogP contribution >= 0.6 is 0 Å². The minimum absolute atomic E-state index is 0.157. The van der Waals surface area contributed by atoms with E-state index in [4.69, 9.17) is 0 Å². The molecular weight excluding hydrogens is 182 g/mol. The van der Waals surface area contributed by atoms with Gasteiger partial charge in [-0.15, -0.1) is 0 Å². The van der Waals surface area contributed by atoms with Gasteiger partial charge in [-0.2, -0.15) is 15.4 Å². The molecule has 1 aliphatic rings. The van der Waals surface area contributed by atoms with Crippen molar-refractivity contribution < 1.29 is 4.79 Å². The Balaban J connectivity index is 2.01. The highest BCUT2D eigenvalue weighted by Crippen LogP contribution is 2.13. The second-order valence-corrected chi connectivity index (χ2v) is 3.80. The van der Waals surface area contributed by atoms with Crippen LogP contribution in [0.5, 0.6) is 0 Å². The molecule has 1 aliphatic heterocycles. The Hall–Kier alpha value is -1.43. The van der Waals surface area contributed by atoms with Gasteiger partial charge in [0.05, 0.1) is 11.7 Å². The lowest BCUT2D eigenvalue weighted by atomic mass is 10.0. The van der Waals surface area contributed by atoms with E-state index in [0.717, 1.165) is 19.5 Å². The van der Waals surface area contributed by atoms with Gasteiger partial charge in [0.2, 0.25) is 0 Å². The number of nitrogens with zero attached hydrogens (tertiary/aromatic N) is 2. The van der Waals surface area contributed by atoms with Gasteiger partial charge in [-0.1, -0.05) is 0 Å². The Morgan fingerprint density at radius 2 is 2.57 bits per heavy atom. The van der Waals surface area contributed by atoms with Crippen molar-refractivity contribution in [3.05, 3.63) is 11.9 Å². The summed E-state index contributed by atoms with van der Waals surface area (Å²) in [6.07, 6.45) is 2.36. The molecule has 6 heteroatoms. The molecule has 0 aliphatic carbocycles. The van der Waals surface area contributed by atoms with Crippen molar-refractivity contribution in [1.82, 2.24) is 26.0 Å². The maximum Gasteiger partial charge on any atom is 0.273 e. The zero-order valence-corrected chi connectivity index (χ0v) is 8.00. The summed E-state index contributed by atoms with van der Waals surface area (Å²) >= 11 is 0. The highest BCUT2D eigenvalue weighted by atomic mass is 16.2. The Morgan fingerprint density at radius 1 is 1.71 bits per heavy atom. The molecule has 1 atom stereocenters. The van der Waals surface area contributed by atoms with Gasteiger partial charge >= 0.3 is 0 Å². The Morgan fingerprint density at radius 3 is 3.14 bits per heavy atom. The molecule has 1 fully saturated rings. The van der Waals surface area contributed by atoms with Crippen LogP contribution in [0.25, 0.3) is 0 Å². The fraction of sp³-hybridized carbons (Fsp3) is 0.625. The topological polar surface area (TPSA) is 82.7 Å². The van der Waals surface area contributed by atoms with Crippen LogP contribution in [0.2, 0.25) is 0 Å². The van der Waals surface area contributed by atoms with Crippen molar-refractivity contribution >= 4 is 5.91 Å². The lowest BCUT2D eigenvalue weighted by Gasteiger charge is -2.23. The van der Waals surface area contributed by atoms with E-state index in [0.29, 0.717) is 5.69 Å². The van der Waals surface area contributed by atoms with Gasteiger partial charge in [0.15, 0.2) is 5.69 Å². The average molecular weight is 195 g/mol. The molecule has 1 aromatic heterocycles. The number of aromatic amines is 1. The minimum atomic E-state index is -0.176. The SMILES string of the molecule is CC1(NC(=O)c2cn[nH]n2)CCNC1. The number of nitrogens with one attached hydrogen (secondary N) is 3. The first-order valence-corrected chi connectivity index (χ1v) is 4.59. The molecule has 1 saturated heterocycles. The smallest absolute Gasteiger partial charge is 0.273 e. The van der Waals surface area contributed by atoms with Crippen LogP contribution in [0.15, 0.2) is 6.20 Å². The van der Waals surface area contributed by atoms with Crippen molar-refractivity contribution in [3.8, 4) is 0 Å². The summed E-state index contributed by atoms with van der Waals surface area (Å²) in [4.78, 5) is 11.6. The molecule has 0 saturated carbocycles. The quantitative estimate of drug-likeness (QED) is 0.582. The van der Waals surface area contributed by atoms with Gasteiger partial charge in [0.1, 0.15) is 0 Å². The summed E-state index contributed by atoms with van der Waals surface area (Å²) in [6.45, 7) is 3.76. The first-order chi connectivity index (χ1) is 6.70. The molecule has 3 N–H and O–H groups in total. The number of H-pyrrole nitrogens is 1. The normalized spacial score (nSPS) is 26.4. The zero-order valence-electron chi connectivity index (χ0n) is 8.00. The van der Waals surface area contributed by atoms with E-state index in [2.05, 4.69) is 26.0 Å². The maximum atomic E-state index is 11.6. The highest BCUT2D eigenvalue weighted by Gasteiger charge is 2.30. The fourth-order valence-electron chi connectivity index (χ4n) is 1.57. The van der Waals surface area contributed by atoms with Crippen LogP contribution in [0.1, 0.15) is 23.8 Å². The van der Waals surface area contributed by atoms with E-state index in [1.807, 2.05) is 6.92 Å². The zero-order chi connectivity index (χ0) is 10.0. The molecule has 0 radical (unpaired) electrons. The van der Waals surface area contributed by atoms with Gasteiger partial charge in [0.25, 0.3) is 5.91 Å². The van der Waals surface area contributed by atoms with E-state index in [9.17, 15) is 4.79 Å². The highest BCUT2D eigenvalue weighted by molar-refractivity contribution is 5.92. The Kier molecular flexibility index (Phi) is 2.20. The predicted molar refractivity (Wildman–Crippen MR) is 49.7 cm³/mol. The van der Waals surface area contributed by atoms with Crippen LogP contribution in [0.3, 0.4) is 0 Å². The third-order valence-corrected chi connectivity index (χ3v) is 2.43. The van der Waals surface area contributed by atoms with E-state index >= 15 is 0 Å². The summed E-state index contributed by atoms with van der Waals surface area (Å²) in [5, 5.41) is 15.9. The van der Waals surface area contributed by atoms with Gasteiger partial charge in [-0.05, 0) is 19.9 Å². The number of hydrogen-bond donors (Lipinski definition) is 3. The molecule has 6 nitrogen and oxygen atoms in total. The van der Waals surface area contributed by atoms with Gasteiger partial charge in [-0.3, -0.25) is 4.79 Å². The number of carbonyl (C=O) groups is 1. The summed E-state index contributed by atoms with van der Waals surface area (Å²) in [5.41, 5.74) is 0.175. The van der Waals surface area contributed by atoms with Crippen molar-refractivity contribution in [2.45, 2.75) is 18.9 Å². The second-order valence-electron chi connectivity index (χ2n) is 3.80. The molecule has 1 unspecified atom stereocenters. The largest absolute Gasteiger partial charge is 0.344 e. The van der Waals surface area contributed by atoms with E-state index < -0.39 is 0 Å². The van der Waals surface area contributed by atoms with Crippen molar-refractivity contribution in [2.24, 2.45) is 0 Å². The molecule has 14 heavy (non-hydrogen) atoms. The molecular formula is C8H13N5O. The molecule has 1 aromatic rings. The number of carbonyl (C=O) groups excluding carboxylic acids is 1. The van der Waals surface area contributed by atoms with E-state index in [-0.39, 0.29) is 11.4 Å². The third-order valence-electron chi connectivity index (χ3n) is 2.43. The molecule has 0 spiro atoms. The monoisotopic (exact) mass is 195 g/mol. The molecule has 1 amide bonds. The number of aromatic nitrogens is 3. The van der Waals surface area contributed by atoms with Crippen LogP contribution < -0.4 is 10.6 Å². The van der Waals surface area contributed by atoms with Gasteiger partial charge in [0, 0.05) is 6.54 Å². The van der Waals surface area contributed by atoms with Crippen LogP contribution in [0.4, 0.5) is 0 Å². The number of amides is 1. The molecule has 0 aromatic carbocycles.